The van der Waals surface area contributed by atoms with Crippen LogP contribution in [0.15, 0.2) is 6.07 Å². The molecule has 2 heterocycles. The summed E-state index contributed by atoms with van der Waals surface area (Å²) in [4.78, 5) is 13.8. The lowest BCUT2D eigenvalue weighted by molar-refractivity contribution is 0.0869. The Bertz CT molecular complexity index is 527. The molecule has 0 aliphatic carbocycles. The number of amides is 1. The molecule has 1 amide bonds. The van der Waals surface area contributed by atoms with E-state index in [4.69, 9.17) is 10.5 Å². The first-order valence-electron chi connectivity index (χ1n) is 6.33. The molecule has 0 aromatic carbocycles. The van der Waals surface area contributed by atoms with Gasteiger partial charge in [-0.15, -0.1) is 11.3 Å². The molecule has 5 heteroatoms. The van der Waals surface area contributed by atoms with E-state index in [-0.39, 0.29) is 18.1 Å². The number of carbonyl (C=O) groups excluding carboxylic acids is 1. The Kier molecular flexibility index (Phi) is 4.59. The van der Waals surface area contributed by atoms with Gasteiger partial charge in [0, 0.05) is 6.61 Å². The fourth-order valence-corrected chi connectivity index (χ4v) is 2.96. The maximum absolute atomic E-state index is 12.2. The maximum atomic E-state index is 12.2. The number of aryl methyl sites for hydroxylation is 1. The average molecular weight is 278 g/mol. The third kappa shape index (κ3) is 3.35. The largest absolute Gasteiger partial charge is 0.376 e. The highest BCUT2D eigenvalue weighted by atomic mass is 32.1. The van der Waals surface area contributed by atoms with Crippen LogP contribution in [0, 0.1) is 18.8 Å². The molecule has 0 radical (unpaired) electrons. The van der Waals surface area contributed by atoms with Gasteiger partial charge in [-0.1, -0.05) is 11.8 Å². The Balaban J connectivity index is 2.07. The fourth-order valence-electron chi connectivity index (χ4n) is 2.01. The van der Waals surface area contributed by atoms with Crippen molar-refractivity contribution in [2.75, 3.05) is 13.2 Å². The van der Waals surface area contributed by atoms with Crippen molar-refractivity contribution in [2.24, 2.45) is 5.73 Å². The third-order valence-corrected chi connectivity index (χ3v) is 4.29. The number of ether oxygens (including phenoxy) is 1. The van der Waals surface area contributed by atoms with Gasteiger partial charge in [0.05, 0.1) is 28.4 Å². The Morgan fingerprint density at radius 2 is 2.47 bits per heavy atom. The third-order valence-electron chi connectivity index (χ3n) is 3.14. The molecule has 0 saturated carbocycles. The number of nitrogens with one attached hydrogen (secondary N) is 1. The first kappa shape index (κ1) is 14.1. The van der Waals surface area contributed by atoms with Gasteiger partial charge < -0.3 is 15.8 Å². The summed E-state index contributed by atoms with van der Waals surface area (Å²) in [6.45, 7) is 4.98. The van der Waals surface area contributed by atoms with Crippen LogP contribution >= 0.6 is 11.3 Å². The summed E-state index contributed by atoms with van der Waals surface area (Å²) in [6, 6.07) is 1.98. The summed E-state index contributed by atoms with van der Waals surface area (Å²) >= 11 is 1.41. The van der Waals surface area contributed by atoms with Gasteiger partial charge >= 0.3 is 0 Å². The van der Waals surface area contributed by atoms with E-state index in [1.807, 2.05) is 19.9 Å². The first-order chi connectivity index (χ1) is 9.11. The molecule has 1 saturated heterocycles. The molecule has 1 aromatic rings. The molecule has 3 N–H and O–H groups in total. The van der Waals surface area contributed by atoms with Crippen LogP contribution < -0.4 is 11.1 Å². The van der Waals surface area contributed by atoms with E-state index in [2.05, 4.69) is 17.2 Å². The van der Waals surface area contributed by atoms with Crippen molar-refractivity contribution < 1.29 is 9.53 Å². The standard InChI is InChI=1S/C14H18N2O2S/c1-9-8-13(19-12(9)4-3-6-15)14(17)16-11-5-7-18-10(11)2/h8,10-11H,5-7,15H2,1-2H3,(H,16,17). The lowest BCUT2D eigenvalue weighted by Gasteiger charge is -2.15. The smallest absolute Gasteiger partial charge is 0.261 e. The normalized spacial score (nSPS) is 21.8. The van der Waals surface area contributed by atoms with Crippen LogP contribution in [0.4, 0.5) is 0 Å². The number of carbonyl (C=O) groups is 1. The summed E-state index contributed by atoms with van der Waals surface area (Å²) in [5.41, 5.74) is 6.38. The highest BCUT2D eigenvalue weighted by Gasteiger charge is 2.26. The van der Waals surface area contributed by atoms with Crippen LogP contribution in [0.3, 0.4) is 0 Å². The average Bonchev–Trinajstić information content (AvgIpc) is 2.94. The van der Waals surface area contributed by atoms with Gasteiger partial charge in [0.15, 0.2) is 0 Å². The molecule has 1 aromatic heterocycles. The summed E-state index contributed by atoms with van der Waals surface area (Å²) in [6.07, 6.45) is 0.957. The molecule has 0 bridgehead atoms. The quantitative estimate of drug-likeness (QED) is 0.801. The van der Waals surface area contributed by atoms with Gasteiger partial charge in [0.25, 0.3) is 5.91 Å². The van der Waals surface area contributed by atoms with Gasteiger partial charge in [-0.25, -0.2) is 0 Å². The zero-order valence-corrected chi connectivity index (χ0v) is 12.0. The molecule has 2 unspecified atom stereocenters. The molecule has 1 fully saturated rings. The predicted octanol–water partition coefficient (Wildman–Crippen LogP) is 1.27. The van der Waals surface area contributed by atoms with Crippen molar-refractivity contribution in [3.05, 3.63) is 21.4 Å². The SMILES string of the molecule is Cc1cc(C(=O)NC2CCOC2C)sc1C#CCN. The Hall–Kier alpha value is -1.35. The number of hydrogen-bond acceptors (Lipinski definition) is 4. The van der Waals surface area contributed by atoms with Gasteiger partial charge in [0.2, 0.25) is 0 Å². The van der Waals surface area contributed by atoms with Crippen molar-refractivity contribution in [1.82, 2.24) is 5.32 Å². The van der Waals surface area contributed by atoms with Gasteiger partial charge in [-0.05, 0) is 31.9 Å². The van der Waals surface area contributed by atoms with Gasteiger partial charge in [0.1, 0.15) is 0 Å². The highest BCUT2D eigenvalue weighted by molar-refractivity contribution is 7.14. The molecule has 19 heavy (non-hydrogen) atoms. The minimum absolute atomic E-state index is 0.0451. The predicted molar refractivity (Wildman–Crippen MR) is 76.3 cm³/mol. The fraction of sp³-hybridized carbons (Fsp3) is 0.500. The van der Waals surface area contributed by atoms with Crippen molar-refractivity contribution >= 4 is 17.2 Å². The molecule has 1 aliphatic rings. The van der Waals surface area contributed by atoms with E-state index in [0.717, 1.165) is 16.9 Å². The Morgan fingerprint density at radius 1 is 1.68 bits per heavy atom. The Labute approximate surface area is 117 Å². The second-order valence-corrected chi connectivity index (χ2v) is 5.63. The molecular formula is C14H18N2O2S. The summed E-state index contributed by atoms with van der Waals surface area (Å²) in [7, 11) is 0. The lowest BCUT2D eigenvalue weighted by atomic mass is 10.1. The van der Waals surface area contributed by atoms with Crippen molar-refractivity contribution in [1.29, 1.82) is 0 Å². The number of nitrogens with two attached hydrogens (primary N) is 1. The minimum atomic E-state index is -0.0451. The molecular weight excluding hydrogens is 260 g/mol. The topological polar surface area (TPSA) is 64.3 Å². The summed E-state index contributed by atoms with van der Waals surface area (Å²) < 4.78 is 5.44. The van der Waals surface area contributed by atoms with E-state index in [1.165, 1.54) is 11.3 Å². The van der Waals surface area contributed by atoms with Crippen molar-refractivity contribution in [2.45, 2.75) is 32.4 Å². The van der Waals surface area contributed by atoms with Gasteiger partial charge in [-0.3, -0.25) is 4.79 Å². The molecule has 2 atom stereocenters. The Morgan fingerprint density at radius 3 is 3.11 bits per heavy atom. The molecule has 4 nitrogen and oxygen atoms in total. The van der Waals surface area contributed by atoms with Crippen LogP contribution in [0.25, 0.3) is 0 Å². The number of thiophene rings is 1. The molecule has 1 aliphatic heterocycles. The van der Waals surface area contributed by atoms with E-state index in [0.29, 0.717) is 18.0 Å². The molecule has 0 spiro atoms. The van der Waals surface area contributed by atoms with E-state index < -0.39 is 0 Å². The van der Waals surface area contributed by atoms with Crippen LogP contribution in [-0.2, 0) is 4.74 Å². The second-order valence-electron chi connectivity index (χ2n) is 4.57. The van der Waals surface area contributed by atoms with Gasteiger partial charge in [-0.2, -0.15) is 0 Å². The zero-order valence-electron chi connectivity index (χ0n) is 11.2. The maximum Gasteiger partial charge on any atom is 0.261 e. The number of rotatable bonds is 2. The van der Waals surface area contributed by atoms with E-state index in [9.17, 15) is 4.79 Å². The van der Waals surface area contributed by atoms with E-state index in [1.54, 1.807) is 0 Å². The van der Waals surface area contributed by atoms with Crippen LogP contribution in [0.1, 0.15) is 33.5 Å². The minimum Gasteiger partial charge on any atom is -0.376 e. The highest BCUT2D eigenvalue weighted by Crippen LogP contribution is 2.22. The monoisotopic (exact) mass is 278 g/mol. The molecule has 2 rings (SSSR count). The first-order valence-corrected chi connectivity index (χ1v) is 7.15. The number of hydrogen-bond donors (Lipinski definition) is 2. The zero-order chi connectivity index (χ0) is 13.8. The van der Waals surface area contributed by atoms with Crippen LogP contribution in [-0.4, -0.2) is 31.2 Å². The van der Waals surface area contributed by atoms with Crippen molar-refractivity contribution in [3.63, 3.8) is 0 Å². The lowest BCUT2D eigenvalue weighted by Crippen LogP contribution is -2.38. The van der Waals surface area contributed by atoms with Crippen LogP contribution in [0.5, 0.6) is 0 Å². The summed E-state index contributed by atoms with van der Waals surface area (Å²) in [5, 5.41) is 3.02. The summed E-state index contributed by atoms with van der Waals surface area (Å²) in [5.74, 6) is 5.76. The molecule has 102 valence electrons. The van der Waals surface area contributed by atoms with Crippen molar-refractivity contribution in [3.8, 4) is 11.8 Å². The second kappa shape index (κ2) is 6.20. The van der Waals surface area contributed by atoms with E-state index >= 15 is 0 Å². The van der Waals surface area contributed by atoms with Crippen LogP contribution in [0.2, 0.25) is 0 Å².